The van der Waals surface area contributed by atoms with Gasteiger partial charge in [0.2, 0.25) is 11.8 Å². The minimum Gasteiger partial charge on any atom is -0.497 e. The second-order valence-corrected chi connectivity index (χ2v) is 7.10. The van der Waals surface area contributed by atoms with Crippen LogP contribution in [0.15, 0.2) is 53.0 Å². The van der Waals surface area contributed by atoms with Crippen LogP contribution in [0.3, 0.4) is 0 Å². The number of carbonyl (C=O) groups excluding carboxylic acids is 2. The summed E-state index contributed by atoms with van der Waals surface area (Å²) in [6, 6.07) is 15.3. The smallest absolute Gasteiger partial charge is 0.227 e. The molecule has 1 saturated heterocycles. The number of methoxy groups -OCH3 is 1. The average Bonchev–Trinajstić information content (AvgIpc) is 3.04. The molecule has 3 rings (SSSR count). The molecule has 26 heavy (non-hydrogen) atoms. The van der Waals surface area contributed by atoms with Gasteiger partial charge in [0.1, 0.15) is 5.75 Å². The monoisotopic (exact) mass is 416 g/mol. The Morgan fingerprint density at radius 3 is 2.65 bits per heavy atom. The van der Waals surface area contributed by atoms with Crippen molar-refractivity contribution in [2.24, 2.45) is 5.92 Å². The SMILES string of the molecule is COc1ccc(CCNC(=O)C2CC(=O)N(c3ccccc3Br)C2)cc1. The molecular weight excluding hydrogens is 396 g/mol. The molecule has 2 aromatic carbocycles. The highest BCUT2D eigenvalue weighted by molar-refractivity contribution is 9.10. The van der Waals surface area contributed by atoms with E-state index in [1.54, 1.807) is 12.0 Å². The van der Waals surface area contributed by atoms with Crippen LogP contribution in [0.25, 0.3) is 0 Å². The maximum atomic E-state index is 12.4. The zero-order chi connectivity index (χ0) is 18.5. The molecule has 0 radical (unpaired) electrons. The molecule has 1 fully saturated rings. The number of benzene rings is 2. The van der Waals surface area contributed by atoms with E-state index in [1.807, 2.05) is 48.5 Å². The van der Waals surface area contributed by atoms with Gasteiger partial charge in [0.15, 0.2) is 0 Å². The van der Waals surface area contributed by atoms with Crippen molar-refractivity contribution in [1.29, 1.82) is 0 Å². The normalized spacial score (nSPS) is 16.6. The number of nitrogens with zero attached hydrogens (tertiary/aromatic N) is 1. The van der Waals surface area contributed by atoms with Gasteiger partial charge in [0.25, 0.3) is 0 Å². The van der Waals surface area contributed by atoms with Gasteiger partial charge in [-0.3, -0.25) is 9.59 Å². The molecule has 0 aromatic heterocycles. The summed E-state index contributed by atoms with van der Waals surface area (Å²) in [6.45, 7) is 0.959. The van der Waals surface area contributed by atoms with E-state index in [0.717, 1.165) is 27.9 Å². The lowest BCUT2D eigenvalue weighted by molar-refractivity contribution is -0.126. The summed E-state index contributed by atoms with van der Waals surface area (Å²) in [5.74, 6) is 0.411. The molecule has 136 valence electrons. The first-order valence-corrected chi connectivity index (χ1v) is 9.33. The number of hydrogen-bond acceptors (Lipinski definition) is 3. The number of halogens is 1. The predicted octanol–water partition coefficient (Wildman–Crippen LogP) is 3.17. The van der Waals surface area contributed by atoms with Crippen LogP contribution in [0.4, 0.5) is 5.69 Å². The van der Waals surface area contributed by atoms with E-state index in [-0.39, 0.29) is 24.2 Å². The maximum absolute atomic E-state index is 12.4. The third-order valence-corrected chi connectivity index (χ3v) is 5.18. The molecule has 6 heteroatoms. The Morgan fingerprint density at radius 2 is 1.96 bits per heavy atom. The molecule has 1 aliphatic rings. The Labute approximate surface area is 161 Å². The zero-order valence-electron chi connectivity index (χ0n) is 14.6. The van der Waals surface area contributed by atoms with E-state index in [0.29, 0.717) is 13.1 Å². The van der Waals surface area contributed by atoms with Gasteiger partial charge in [-0.15, -0.1) is 0 Å². The van der Waals surface area contributed by atoms with Crippen LogP contribution in [-0.2, 0) is 16.0 Å². The Bertz CT molecular complexity index is 792. The number of ether oxygens (including phenoxy) is 1. The molecule has 5 nitrogen and oxygen atoms in total. The maximum Gasteiger partial charge on any atom is 0.227 e. The fourth-order valence-corrected chi connectivity index (χ4v) is 3.55. The van der Waals surface area contributed by atoms with Crippen LogP contribution in [-0.4, -0.2) is 32.0 Å². The largest absolute Gasteiger partial charge is 0.497 e. The van der Waals surface area contributed by atoms with Crippen molar-refractivity contribution >= 4 is 33.4 Å². The minimum atomic E-state index is -0.314. The van der Waals surface area contributed by atoms with E-state index in [4.69, 9.17) is 4.74 Å². The first-order valence-electron chi connectivity index (χ1n) is 8.54. The molecule has 2 aromatic rings. The Balaban J connectivity index is 1.52. The molecule has 1 N–H and O–H groups in total. The van der Waals surface area contributed by atoms with Gasteiger partial charge < -0.3 is 15.0 Å². The van der Waals surface area contributed by atoms with Crippen LogP contribution in [0.5, 0.6) is 5.75 Å². The lowest BCUT2D eigenvalue weighted by atomic mass is 10.1. The first kappa shape index (κ1) is 18.5. The van der Waals surface area contributed by atoms with Crippen molar-refractivity contribution in [1.82, 2.24) is 5.32 Å². The second-order valence-electron chi connectivity index (χ2n) is 6.25. The summed E-state index contributed by atoms with van der Waals surface area (Å²) < 4.78 is 5.99. The van der Waals surface area contributed by atoms with Gasteiger partial charge in [-0.2, -0.15) is 0 Å². The van der Waals surface area contributed by atoms with E-state index in [2.05, 4.69) is 21.2 Å². The van der Waals surface area contributed by atoms with Crippen molar-refractivity contribution in [2.45, 2.75) is 12.8 Å². The molecule has 0 aliphatic carbocycles. The van der Waals surface area contributed by atoms with Crippen molar-refractivity contribution in [3.05, 3.63) is 58.6 Å². The topological polar surface area (TPSA) is 58.6 Å². The van der Waals surface area contributed by atoms with Gasteiger partial charge in [-0.1, -0.05) is 24.3 Å². The van der Waals surface area contributed by atoms with Crippen LogP contribution < -0.4 is 15.0 Å². The third-order valence-electron chi connectivity index (χ3n) is 4.51. The molecule has 1 unspecified atom stereocenters. The van der Waals surface area contributed by atoms with Gasteiger partial charge in [-0.25, -0.2) is 0 Å². The van der Waals surface area contributed by atoms with Gasteiger partial charge in [0.05, 0.1) is 18.7 Å². The van der Waals surface area contributed by atoms with Crippen molar-refractivity contribution in [3.63, 3.8) is 0 Å². The highest BCUT2D eigenvalue weighted by Gasteiger charge is 2.35. The Hall–Kier alpha value is -2.34. The number of rotatable bonds is 6. The third kappa shape index (κ3) is 4.25. The predicted molar refractivity (Wildman–Crippen MR) is 104 cm³/mol. The summed E-state index contributed by atoms with van der Waals surface area (Å²) in [5, 5.41) is 2.95. The van der Waals surface area contributed by atoms with Gasteiger partial charge in [-0.05, 0) is 52.2 Å². The fraction of sp³-hybridized carbons (Fsp3) is 0.300. The molecule has 1 atom stereocenters. The van der Waals surface area contributed by atoms with Crippen molar-refractivity contribution in [3.8, 4) is 5.75 Å². The number of anilines is 1. The molecule has 0 saturated carbocycles. The molecular formula is C20H21BrN2O3. The van der Waals surface area contributed by atoms with Gasteiger partial charge >= 0.3 is 0 Å². The summed E-state index contributed by atoms with van der Waals surface area (Å²) in [6.07, 6.45) is 0.986. The lowest BCUT2D eigenvalue weighted by Gasteiger charge is -2.18. The van der Waals surface area contributed by atoms with Gasteiger partial charge in [0, 0.05) is 24.0 Å². The number of amides is 2. The molecule has 1 heterocycles. The summed E-state index contributed by atoms with van der Waals surface area (Å²) >= 11 is 3.47. The Kier molecular flexibility index (Phi) is 5.93. The number of hydrogen-bond donors (Lipinski definition) is 1. The highest BCUT2D eigenvalue weighted by Crippen LogP contribution is 2.31. The standard InChI is InChI=1S/C20H21BrN2O3/c1-26-16-8-6-14(7-9-16)10-11-22-20(25)15-12-19(24)23(13-15)18-5-3-2-4-17(18)21/h2-9,15H,10-13H2,1H3,(H,22,25). The molecule has 1 aliphatic heterocycles. The molecule has 0 bridgehead atoms. The van der Waals surface area contributed by atoms with Crippen LogP contribution >= 0.6 is 15.9 Å². The van der Waals surface area contributed by atoms with E-state index < -0.39 is 0 Å². The Morgan fingerprint density at radius 1 is 1.23 bits per heavy atom. The molecule has 2 amide bonds. The average molecular weight is 417 g/mol. The zero-order valence-corrected chi connectivity index (χ0v) is 16.2. The summed E-state index contributed by atoms with van der Waals surface area (Å²) in [5.41, 5.74) is 1.94. The van der Waals surface area contributed by atoms with Crippen LogP contribution in [0.1, 0.15) is 12.0 Å². The number of carbonyl (C=O) groups is 2. The lowest BCUT2D eigenvalue weighted by Crippen LogP contribution is -2.34. The second kappa shape index (κ2) is 8.36. The van der Waals surface area contributed by atoms with Crippen LogP contribution in [0, 0.1) is 5.92 Å². The summed E-state index contributed by atoms with van der Waals surface area (Å²) in [4.78, 5) is 26.4. The van der Waals surface area contributed by atoms with Crippen molar-refractivity contribution in [2.75, 3.05) is 25.1 Å². The van der Waals surface area contributed by atoms with Crippen LogP contribution in [0.2, 0.25) is 0 Å². The number of para-hydroxylation sites is 1. The number of nitrogens with one attached hydrogen (secondary N) is 1. The van der Waals surface area contributed by atoms with Crippen molar-refractivity contribution < 1.29 is 14.3 Å². The fourth-order valence-electron chi connectivity index (χ4n) is 3.05. The van der Waals surface area contributed by atoms with E-state index >= 15 is 0 Å². The van der Waals surface area contributed by atoms with E-state index in [9.17, 15) is 9.59 Å². The highest BCUT2D eigenvalue weighted by atomic mass is 79.9. The minimum absolute atomic E-state index is 0.0211. The van der Waals surface area contributed by atoms with E-state index in [1.165, 1.54) is 0 Å². The quantitative estimate of drug-likeness (QED) is 0.786. The molecule has 0 spiro atoms. The summed E-state index contributed by atoms with van der Waals surface area (Å²) in [7, 11) is 1.63. The first-order chi connectivity index (χ1) is 12.6.